The van der Waals surface area contributed by atoms with E-state index in [2.05, 4.69) is 85.5 Å². The normalized spacial score (nSPS) is 14.0. The van der Waals surface area contributed by atoms with Crippen molar-refractivity contribution in [3.8, 4) is 0 Å². The Morgan fingerprint density at radius 3 is 2.67 bits per heavy atom. The van der Waals surface area contributed by atoms with Crippen molar-refractivity contribution in [2.45, 2.75) is 39.8 Å². The first-order valence-corrected chi connectivity index (χ1v) is 8.77. The molecule has 0 saturated carbocycles. The molecule has 1 aliphatic rings. The van der Waals surface area contributed by atoms with E-state index < -0.39 is 0 Å². The van der Waals surface area contributed by atoms with E-state index in [0.29, 0.717) is 6.04 Å². The second-order valence-corrected chi connectivity index (χ2v) is 6.94. The van der Waals surface area contributed by atoms with Gasteiger partial charge in [-0.3, -0.25) is 0 Å². The number of aryl methyl sites for hydroxylation is 1. The quantitative estimate of drug-likeness (QED) is 0.595. The van der Waals surface area contributed by atoms with Crippen LogP contribution in [0.5, 0.6) is 0 Å². The zero-order valence-electron chi connectivity index (χ0n) is 14.7. The highest BCUT2D eigenvalue weighted by atomic mass is 15.2. The summed E-state index contributed by atoms with van der Waals surface area (Å²) in [7, 11) is 0. The number of rotatable bonds is 3. The summed E-state index contributed by atoms with van der Waals surface area (Å²) in [6.45, 7) is 11.9. The number of nitrogens with zero attached hydrogens (tertiary/aromatic N) is 2. The van der Waals surface area contributed by atoms with Gasteiger partial charge in [0.1, 0.15) is 0 Å². The van der Waals surface area contributed by atoms with E-state index >= 15 is 0 Å². The van der Waals surface area contributed by atoms with Gasteiger partial charge in [0.05, 0.1) is 5.52 Å². The molecule has 0 N–H and O–H groups in total. The highest BCUT2D eigenvalue weighted by Crippen LogP contribution is 2.37. The molecule has 2 nitrogen and oxygen atoms in total. The van der Waals surface area contributed by atoms with Crippen molar-refractivity contribution in [1.82, 2.24) is 4.57 Å². The Bertz CT molecular complexity index is 930. The van der Waals surface area contributed by atoms with E-state index in [-0.39, 0.29) is 0 Å². The largest absolute Gasteiger partial charge is 0.345 e. The predicted octanol–water partition coefficient (Wildman–Crippen LogP) is 5.78. The smallest absolute Gasteiger partial charge is 0.0503 e. The first-order chi connectivity index (χ1) is 11.6. The molecule has 1 aromatic heterocycles. The zero-order chi connectivity index (χ0) is 16.8. The van der Waals surface area contributed by atoms with E-state index in [1.165, 1.54) is 33.3 Å². The number of aromatic nitrogens is 1. The first-order valence-electron chi connectivity index (χ1n) is 8.77. The minimum Gasteiger partial charge on any atom is -0.345 e. The van der Waals surface area contributed by atoms with Crippen LogP contribution in [0.3, 0.4) is 0 Å². The van der Waals surface area contributed by atoms with Crippen LogP contribution < -0.4 is 4.90 Å². The van der Waals surface area contributed by atoms with Crippen LogP contribution in [-0.4, -0.2) is 4.57 Å². The maximum absolute atomic E-state index is 4.37. The lowest BCUT2D eigenvalue weighted by atomic mass is 10.0. The van der Waals surface area contributed by atoms with Gasteiger partial charge in [-0.1, -0.05) is 31.7 Å². The van der Waals surface area contributed by atoms with Crippen LogP contribution in [0.1, 0.15) is 43.5 Å². The molecule has 0 bridgehead atoms. The predicted molar refractivity (Wildman–Crippen MR) is 103 cm³/mol. The molecule has 24 heavy (non-hydrogen) atoms. The van der Waals surface area contributed by atoms with Crippen molar-refractivity contribution < 1.29 is 0 Å². The zero-order valence-corrected chi connectivity index (χ0v) is 14.7. The highest BCUT2D eigenvalue weighted by molar-refractivity contribution is 5.89. The lowest BCUT2D eigenvalue weighted by Crippen LogP contribution is -2.13. The molecule has 0 unspecified atom stereocenters. The topological polar surface area (TPSA) is 8.17 Å². The molecule has 0 spiro atoms. The summed E-state index contributed by atoms with van der Waals surface area (Å²) < 4.78 is 2.33. The molecule has 2 aromatic carbocycles. The number of hydrogen-bond acceptors (Lipinski definition) is 1. The molecule has 122 valence electrons. The van der Waals surface area contributed by atoms with Crippen LogP contribution >= 0.6 is 0 Å². The average Bonchev–Trinajstić information content (AvgIpc) is 3.15. The lowest BCUT2D eigenvalue weighted by Gasteiger charge is -2.20. The minimum atomic E-state index is 0.462. The molecule has 2 heterocycles. The van der Waals surface area contributed by atoms with E-state index in [0.717, 1.165) is 18.7 Å². The summed E-state index contributed by atoms with van der Waals surface area (Å²) in [6.07, 6.45) is 3.24. The molecule has 4 rings (SSSR count). The van der Waals surface area contributed by atoms with Crippen LogP contribution in [0.25, 0.3) is 16.6 Å². The Balaban J connectivity index is 1.76. The van der Waals surface area contributed by atoms with Gasteiger partial charge in [0, 0.05) is 35.7 Å². The van der Waals surface area contributed by atoms with Crippen molar-refractivity contribution >= 4 is 22.3 Å². The van der Waals surface area contributed by atoms with Gasteiger partial charge in [-0.15, -0.1) is 0 Å². The van der Waals surface area contributed by atoms with Gasteiger partial charge in [0.15, 0.2) is 0 Å². The number of benzene rings is 2. The summed E-state index contributed by atoms with van der Waals surface area (Å²) in [5.74, 6) is 0. The van der Waals surface area contributed by atoms with Crippen LogP contribution in [0.4, 0.5) is 5.69 Å². The van der Waals surface area contributed by atoms with Crippen LogP contribution in [0.2, 0.25) is 0 Å². The van der Waals surface area contributed by atoms with E-state index in [4.69, 9.17) is 0 Å². The monoisotopic (exact) mass is 316 g/mol. The second kappa shape index (κ2) is 5.55. The van der Waals surface area contributed by atoms with Gasteiger partial charge >= 0.3 is 0 Å². The lowest BCUT2D eigenvalue weighted by molar-refractivity contribution is 0.623. The fraction of sp³-hybridized carbons (Fsp3) is 0.273. The molecule has 3 aromatic rings. The first kappa shape index (κ1) is 15.1. The van der Waals surface area contributed by atoms with Crippen molar-refractivity contribution in [2.75, 3.05) is 4.90 Å². The fourth-order valence-corrected chi connectivity index (χ4v) is 3.66. The molecule has 1 aliphatic heterocycles. The van der Waals surface area contributed by atoms with Crippen molar-refractivity contribution in [3.63, 3.8) is 0 Å². The molecule has 0 radical (unpaired) electrons. The van der Waals surface area contributed by atoms with Crippen LogP contribution in [-0.2, 0) is 13.0 Å². The van der Waals surface area contributed by atoms with Gasteiger partial charge in [0.2, 0.25) is 0 Å². The molecule has 0 aliphatic carbocycles. The third-order valence-corrected chi connectivity index (χ3v) is 5.12. The molecule has 0 atom stereocenters. The van der Waals surface area contributed by atoms with E-state index in [1.807, 2.05) is 0 Å². The Labute approximate surface area is 144 Å². The van der Waals surface area contributed by atoms with Crippen LogP contribution in [0.15, 0.2) is 55.2 Å². The van der Waals surface area contributed by atoms with Gasteiger partial charge in [-0.05, 0) is 61.0 Å². The molecule has 2 heteroatoms. The van der Waals surface area contributed by atoms with Crippen molar-refractivity contribution in [2.24, 2.45) is 0 Å². The summed E-state index contributed by atoms with van der Waals surface area (Å²) >= 11 is 0. The summed E-state index contributed by atoms with van der Waals surface area (Å²) in [5, 5.41) is 1.29. The van der Waals surface area contributed by atoms with Gasteiger partial charge in [-0.25, -0.2) is 0 Å². The minimum absolute atomic E-state index is 0.462. The van der Waals surface area contributed by atoms with Crippen LogP contribution in [0, 0.1) is 0 Å². The summed E-state index contributed by atoms with van der Waals surface area (Å²) in [6, 6.07) is 16.2. The number of anilines is 1. The Hall–Kier alpha value is -2.48. The van der Waals surface area contributed by atoms with Gasteiger partial charge in [-0.2, -0.15) is 0 Å². The molecule has 0 saturated heterocycles. The molecule has 0 fully saturated rings. The number of hydrogen-bond donors (Lipinski definition) is 0. The van der Waals surface area contributed by atoms with E-state index in [1.54, 1.807) is 0 Å². The maximum atomic E-state index is 4.37. The number of fused-ring (bicyclic) bond motifs is 2. The molecular formula is C22H24N2. The highest BCUT2D eigenvalue weighted by Gasteiger charge is 2.24. The summed E-state index contributed by atoms with van der Waals surface area (Å²) in [5.41, 5.74) is 7.68. The Morgan fingerprint density at radius 2 is 1.92 bits per heavy atom. The van der Waals surface area contributed by atoms with E-state index in [9.17, 15) is 0 Å². The molecule has 0 amide bonds. The van der Waals surface area contributed by atoms with Crippen molar-refractivity contribution in [3.05, 3.63) is 71.9 Å². The van der Waals surface area contributed by atoms with Crippen molar-refractivity contribution in [1.29, 1.82) is 0 Å². The van der Waals surface area contributed by atoms with Gasteiger partial charge < -0.3 is 9.47 Å². The average molecular weight is 316 g/mol. The summed E-state index contributed by atoms with van der Waals surface area (Å²) in [4.78, 5) is 2.33. The SMILES string of the molecule is C=C1c2cc(CC)ccc2CN1c1ccc2ccn(C(C)C)c2c1. The Kier molecular flexibility index (Phi) is 3.49. The Morgan fingerprint density at radius 1 is 1.08 bits per heavy atom. The second-order valence-electron chi connectivity index (χ2n) is 6.94. The maximum Gasteiger partial charge on any atom is 0.0503 e. The third kappa shape index (κ3) is 2.25. The third-order valence-electron chi connectivity index (χ3n) is 5.12. The standard InChI is InChI=1S/C22H24N2/c1-5-17-6-7-19-14-24(16(4)21(19)12-17)20-9-8-18-10-11-23(15(2)3)22(18)13-20/h6-13,15H,4-5,14H2,1-3H3. The van der Waals surface area contributed by atoms with Gasteiger partial charge in [0.25, 0.3) is 0 Å². The fourth-order valence-electron chi connectivity index (χ4n) is 3.66. The molecular weight excluding hydrogens is 292 g/mol.